The molecule has 0 atom stereocenters. The molecule has 120 valence electrons. The van der Waals surface area contributed by atoms with E-state index in [1.54, 1.807) is 6.07 Å². The van der Waals surface area contributed by atoms with Crippen molar-refractivity contribution in [3.05, 3.63) is 23.8 Å². The molecule has 0 saturated heterocycles. The minimum Gasteiger partial charge on any atom is -0.347 e. The predicted octanol–water partition coefficient (Wildman–Crippen LogP) is 3.68. The molecular weight excluding hydrogens is 296 g/mol. The van der Waals surface area contributed by atoms with Gasteiger partial charge in [-0.2, -0.15) is 0 Å². The molecule has 2 amide bonds. The Kier molecular flexibility index (Phi) is 4.57. The number of thioether (sulfide) groups is 1. The summed E-state index contributed by atoms with van der Waals surface area (Å²) in [6.07, 6.45) is 0.878. The van der Waals surface area contributed by atoms with Crippen molar-refractivity contribution >= 4 is 29.3 Å². The van der Waals surface area contributed by atoms with E-state index in [1.165, 1.54) is 11.8 Å². The second kappa shape index (κ2) is 5.95. The van der Waals surface area contributed by atoms with E-state index in [0.717, 1.165) is 17.0 Å². The number of rotatable bonds is 3. The van der Waals surface area contributed by atoms with E-state index >= 15 is 0 Å². The van der Waals surface area contributed by atoms with Crippen LogP contribution in [0.1, 0.15) is 51.4 Å². The summed E-state index contributed by atoms with van der Waals surface area (Å²) in [5, 5.41) is 5.91. The Labute approximate surface area is 136 Å². The maximum Gasteiger partial charge on any atom is 0.251 e. The number of carbonyl (C=O) groups excluding carboxylic acids is 2. The summed E-state index contributed by atoms with van der Waals surface area (Å²) in [5.74, 6) is 0.293. The van der Waals surface area contributed by atoms with Crippen LogP contribution in [-0.2, 0) is 4.79 Å². The average Bonchev–Trinajstić information content (AvgIpc) is 2.34. The number of nitrogens with one attached hydrogen (secondary N) is 2. The summed E-state index contributed by atoms with van der Waals surface area (Å²) in [4.78, 5) is 24.9. The van der Waals surface area contributed by atoms with Crippen molar-refractivity contribution in [3.63, 3.8) is 0 Å². The van der Waals surface area contributed by atoms with Gasteiger partial charge in [-0.25, -0.2) is 0 Å². The minimum absolute atomic E-state index is 0.0249. The second-order valence-electron chi connectivity index (χ2n) is 7.62. The highest BCUT2D eigenvalue weighted by Crippen LogP contribution is 2.32. The standard InChI is InChI=1S/C17H24N2O2S/c1-16(2,3)10-17(4,5)19-15(21)11-6-7-13-12(8-11)18-14(20)9-22-13/h6-8H,9-10H2,1-5H3,(H,18,20)(H,19,21). The predicted molar refractivity (Wildman–Crippen MR) is 91.4 cm³/mol. The Morgan fingerprint density at radius 2 is 1.95 bits per heavy atom. The second-order valence-corrected chi connectivity index (χ2v) is 8.64. The molecule has 0 unspecified atom stereocenters. The van der Waals surface area contributed by atoms with Crippen LogP contribution in [0.2, 0.25) is 0 Å². The molecular formula is C17H24N2O2S. The lowest BCUT2D eigenvalue weighted by atomic mass is 9.81. The molecule has 0 spiro atoms. The van der Waals surface area contributed by atoms with Crippen LogP contribution in [0, 0.1) is 5.41 Å². The SMILES string of the molecule is CC(C)(C)CC(C)(C)NC(=O)c1ccc2c(c1)NC(=O)CS2. The zero-order valence-electron chi connectivity index (χ0n) is 13.9. The molecule has 5 heteroatoms. The van der Waals surface area contributed by atoms with Crippen molar-refractivity contribution in [2.24, 2.45) is 5.41 Å². The summed E-state index contributed by atoms with van der Waals surface area (Å²) < 4.78 is 0. The van der Waals surface area contributed by atoms with Crippen molar-refractivity contribution in [2.45, 2.75) is 51.5 Å². The van der Waals surface area contributed by atoms with Crippen molar-refractivity contribution in [3.8, 4) is 0 Å². The van der Waals surface area contributed by atoms with Crippen molar-refractivity contribution < 1.29 is 9.59 Å². The van der Waals surface area contributed by atoms with Crippen molar-refractivity contribution in [1.29, 1.82) is 0 Å². The van der Waals surface area contributed by atoms with Gasteiger partial charge in [0.05, 0.1) is 11.4 Å². The van der Waals surface area contributed by atoms with Gasteiger partial charge in [0.1, 0.15) is 0 Å². The molecule has 0 radical (unpaired) electrons. The fourth-order valence-electron chi connectivity index (χ4n) is 2.97. The lowest BCUT2D eigenvalue weighted by Gasteiger charge is -2.33. The number of amides is 2. The molecule has 2 N–H and O–H groups in total. The van der Waals surface area contributed by atoms with Crippen LogP contribution in [0.5, 0.6) is 0 Å². The van der Waals surface area contributed by atoms with Crippen LogP contribution in [0.4, 0.5) is 5.69 Å². The van der Waals surface area contributed by atoms with E-state index < -0.39 is 0 Å². The molecule has 1 aliphatic heterocycles. The Hall–Kier alpha value is -1.49. The van der Waals surface area contributed by atoms with Crippen LogP contribution in [0.3, 0.4) is 0 Å². The third-order valence-electron chi connectivity index (χ3n) is 3.30. The zero-order valence-corrected chi connectivity index (χ0v) is 14.7. The number of carbonyl (C=O) groups is 2. The van der Waals surface area contributed by atoms with Crippen LogP contribution < -0.4 is 10.6 Å². The molecule has 4 nitrogen and oxygen atoms in total. The largest absolute Gasteiger partial charge is 0.347 e. The molecule has 22 heavy (non-hydrogen) atoms. The van der Waals surface area contributed by atoms with Crippen molar-refractivity contribution in [2.75, 3.05) is 11.1 Å². The summed E-state index contributed by atoms with van der Waals surface area (Å²) in [5.41, 5.74) is 1.14. The molecule has 0 bridgehead atoms. The quantitative estimate of drug-likeness (QED) is 0.893. The highest BCUT2D eigenvalue weighted by Gasteiger charge is 2.27. The summed E-state index contributed by atoms with van der Waals surface area (Å²) in [6.45, 7) is 10.5. The van der Waals surface area contributed by atoms with Gasteiger partial charge in [-0.05, 0) is 43.9 Å². The fourth-order valence-corrected chi connectivity index (χ4v) is 3.76. The first-order chi connectivity index (χ1) is 10.1. The minimum atomic E-state index is -0.288. The van der Waals surface area contributed by atoms with E-state index in [-0.39, 0.29) is 22.8 Å². The Balaban J connectivity index is 2.13. The number of fused-ring (bicyclic) bond motifs is 1. The molecule has 0 aromatic heterocycles. The lowest BCUT2D eigenvalue weighted by molar-refractivity contribution is -0.113. The highest BCUT2D eigenvalue weighted by atomic mass is 32.2. The van der Waals surface area contributed by atoms with E-state index in [4.69, 9.17) is 0 Å². The van der Waals surface area contributed by atoms with E-state index in [0.29, 0.717) is 11.3 Å². The monoisotopic (exact) mass is 320 g/mol. The molecule has 1 heterocycles. The Bertz CT molecular complexity index is 603. The van der Waals surface area contributed by atoms with Gasteiger partial charge < -0.3 is 10.6 Å². The number of hydrogen-bond donors (Lipinski definition) is 2. The summed E-state index contributed by atoms with van der Waals surface area (Å²) >= 11 is 1.49. The highest BCUT2D eigenvalue weighted by molar-refractivity contribution is 8.00. The van der Waals surface area contributed by atoms with Gasteiger partial charge in [-0.15, -0.1) is 11.8 Å². The van der Waals surface area contributed by atoms with Crippen LogP contribution >= 0.6 is 11.8 Å². The molecule has 1 aromatic carbocycles. The molecule has 0 fully saturated rings. The van der Waals surface area contributed by atoms with Gasteiger partial charge in [0.15, 0.2) is 0 Å². The van der Waals surface area contributed by atoms with Crippen molar-refractivity contribution in [1.82, 2.24) is 5.32 Å². The first kappa shape index (κ1) is 16.9. The average molecular weight is 320 g/mol. The van der Waals surface area contributed by atoms with Crippen LogP contribution in [0.15, 0.2) is 23.1 Å². The lowest BCUT2D eigenvalue weighted by Crippen LogP contribution is -2.45. The van der Waals surface area contributed by atoms with E-state index in [1.807, 2.05) is 26.0 Å². The van der Waals surface area contributed by atoms with Gasteiger partial charge in [-0.3, -0.25) is 9.59 Å². The maximum absolute atomic E-state index is 12.5. The topological polar surface area (TPSA) is 58.2 Å². The summed E-state index contributed by atoms with van der Waals surface area (Å²) in [6, 6.07) is 5.46. The Morgan fingerprint density at radius 3 is 2.59 bits per heavy atom. The number of benzene rings is 1. The molecule has 1 aliphatic rings. The molecule has 1 aromatic rings. The first-order valence-corrected chi connectivity index (χ1v) is 8.44. The normalized spacial score (nSPS) is 15.0. The zero-order chi connectivity index (χ0) is 16.5. The van der Waals surface area contributed by atoms with E-state index in [9.17, 15) is 9.59 Å². The molecule has 0 saturated carbocycles. The Morgan fingerprint density at radius 1 is 1.27 bits per heavy atom. The first-order valence-electron chi connectivity index (χ1n) is 7.45. The maximum atomic E-state index is 12.5. The van der Waals surface area contributed by atoms with Gasteiger partial charge >= 0.3 is 0 Å². The third-order valence-corrected chi connectivity index (χ3v) is 4.37. The van der Waals surface area contributed by atoms with Gasteiger partial charge in [0, 0.05) is 16.0 Å². The third kappa shape index (κ3) is 4.50. The fraction of sp³-hybridized carbons (Fsp3) is 0.529. The molecule has 2 rings (SSSR count). The molecule has 0 aliphatic carbocycles. The van der Waals surface area contributed by atoms with Crippen LogP contribution in [0.25, 0.3) is 0 Å². The number of anilines is 1. The van der Waals surface area contributed by atoms with E-state index in [2.05, 4.69) is 31.4 Å². The van der Waals surface area contributed by atoms with Gasteiger partial charge in [0.2, 0.25) is 5.91 Å². The number of hydrogen-bond acceptors (Lipinski definition) is 3. The van der Waals surface area contributed by atoms with Gasteiger partial charge in [-0.1, -0.05) is 20.8 Å². The van der Waals surface area contributed by atoms with Crippen LogP contribution in [-0.4, -0.2) is 23.1 Å². The summed E-state index contributed by atoms with van der Waals surface area (Å²) in [7, 11) is 0. The smallest absolute Gasteiger partial charge is 0.251 e. The van der Waals surface area contributed by atoms with Gasteiger partial charge in [0.25, 0.3) is 5.91 Å².